The molecule has 2 heterocycles. The Kier molecular flexibility index (Phi) is 12.8. The highest BCUT2D eigenvalue weighted by Gasteiger charge is 2.38. The first kappa shape index (κ1) is 35.2. The van der Waals surface area contributed by atoms with Crippen molar-refractivity contribution in [2.45, 2.75) is 88.2 Å². The summed E-state index contributed by atoms with van der Waals surface area (Å²) in [4.78, 5) is 16.6. The number of aryl methyl sites for hydroxylation is 2. The zero-order chi connectivity index (χ0) is 32.0. The van der Waals surface area contributed by atoms with Crippen LogP contribution >= 0.6 is 0 Å². The summed E-state index contributed by atoms with van der Waals surface area (Å²) in [6.45, 7) is 3.49. The van der Waals surface area contributed by atoms with E-state index in [4.69, 9.17) is 10.2 Å². The molecule has 10 N–H and O–H groups in total. The summed E-state index contributed by atoms with van der Waals surface area (Å²) < 4.78 is 4.14. The molecular formula is C28H47N4O11+. The third kappa shape index (κ3) is 8.06. The second-order valence-corrected chi connectivity index (χ2v) is 11.1. The number of hydrogen-bond donors (Lipinski definition) is 10. The number of carbonyl (C=O) groups excluding carboxylic acids is 1. The fourth-order valence-electron chi connectivity index (χ4n) is 5.53. The predicted octanol–water partition coefficient (Wildman–Crippen LogP) is -4.64. The number of carbonyl (C=O) groups is 1. The molecule has 1 fully saturated rings. The summed E-state index contributed by atoms with van der Waals surface area (Å²) in [6.07, 6.45) is -12.0. The second kappa shape index (κ2) is 15.6. The maximum Gasteiger partial charge on any atom is 0.254 e. The molecular weight excluding hydrogens is 568 g/mol. The third-order valence-electron chi connectivity index (χ3n) is 8.26. The maximum atomic E-state index is 13.5. The Labute approximate surface area is 249 Å². The van der Waals surface area contributed by atoms with E-state index in [9.17, 15) is 45.6 Å². The summed E-state index contributed by atoms with van der Waals surface area (Å²) in [5.41, 5.74) is 2.38. The Bertz CT molecular complexity index is 1150. The third-order valence-corrected chi connectivity index (χ3v) is 8.26. The van der Waals surface area contributed by atoms with Crippen LogP contribution in [0.3, 0.4) is 0 Å². The molecule has 0 aliphatic carbocycles. The van der Waals surface area contributed by atoms with Crippen LogP contribution in [-0.4, -0.2) is 166 Å². The average Bonchev–Trinajstić information content (AvgIpc) is 3.66. The van der Waals surface area contributed by atoms with Gasteiger partial charge in [0.15, 0.2) is 11.0 Å². The van der Waals surface area contributed by atoms with Gasteiger partial charge in [-0.05, 0) is 32.4 Å². The van der Waals surface area contributed by atoms with Gasteiger partial charge >= 0.3 is 0 Å². The van der Waals surface area contributed by atoms with Crippen molar-refractivity contribution < 1.29 is 60.4 Å². The van der Waals surface area contributed by atoms with Crippen LogP contribution in [0, 0.1) is 0 Å². The van der Waals surface area contributed by atoms with Gasteiger partial charge in [-0.1, -0.05) is 0 Å². The highest BCUT2D eigenvalue weighted by molar-refractivity contribution is 5.97. The molecule has 1 saturated heterocycles. The molecule has 0 radical (unpaired) electrons. The minimum atomic E-state index is -1.89. The first-order chi connectivity index (χ1) is 20.4. The van der Waals surface area contributed by atoms with E-state index in [1.54, 1.807) is 11.0 Å². The summed E-state index contributed by atoms with van der Waals surface area (Å²) >= 11 is 0. The van der Waals surface area contributed by atoms with Crippen LogP contribution in [0.5, 0.6) is 0 Å². The van der Waals surface area contributed by atoms with Gasteiger partial charge in [-0.3, -0.25) is 9.69 Å². The van der Waals surface area contributed by atoms with Crippen LogP contribution in [0.25, 0.3) is 11.0 Å². The van der Waals surface area contributed by atoms with Crippen LogP contribution in [0.1, 0.15) is 30.6 Å². The van der Waals surface area contributed by atoms with Gasteiger partial charge < -0.3 is 56.0 Å². The normalized spacial score (nSPS) is 21.5. The predicted molar refractivity (Wildman–Crippen MR) is 152 cm³/mol. The number of amides is 1. The Balaban J connectivity index is 1.80. The quantitative estimate of drug-likeness (QED) is 0.0803. The van der Waals surface area contributed by atoms with E-state index in [0.717, 1.165) is 24.1 Å². The molecule has 15 nitrogen and oxygen atoms in total. The molecule has 3 rings (SSSR count). The van der Waals surface area contributed by atoms with Crippen molar-refractivity contribution in [2.24, 2.45) is 0 Å². The van der Waals surface area contributed by atoms with Gasteiger partial charge in [0.1, 0.15) is 36.6 Å². The number of nitrogens with zero attached hydrogens (tertiary/aromatic N) is 4. The standard InChI is InChI=1S/C28H47N4O11/c1-3-29-15-30(4-2)19-9-16(5-6-18(19)29)28(43)31-8-7-17(10-31)32(11-20(35)24(39)26(41)22(37)13-33)12-21(36)25(40)27(42)23(38)14-34/h5-6,9,15,17,20-27,33-42H,3-4,7-8,10-14H2,1-2H3/q+1/t17-,20-,21-,22+,23+,24+,25+,26+,27+/m0/s1. The molecule has 1 aliphatic rings. The fraction of sp³-hybridized carbons (Fsp3) is 0.714. The first-order valence-corrected chi connectivity index (χ1v) is 14.6. The summed E-state index contributed by atoms with van der Waals surface area (Å²) in [5.74, 6) is -0.236. The lowest BCUT2D eigenvalue weighted by Gasteiger charge is -2.36. The van der Waals surface area contributed by atoms with Crippen molar-refractivity contribution in [3.05, 3.63) is 30.1 Å². The SMILES string of the molecule is CCn1c[n+](CC)c2ccc(C(=O)N3CC[C@H](N(C[C@H](O)[C@@H](O)[C@H](O)[C@H](O)CO)C[C@H](O)[C@@H](O)[C@H](O)[C@H](O)CO)C3)cc21. The molecule has 0 bridgehead atoms. The zero-order valence-electron chi connectivity index (χ0n) is 24.5. The van der Waals surface area contributed by atoms with Gasteiger partial charge in [0.05, 0.1) is 38.5 Å². The van der Waals surface area contributed by atoms with E-state index in [1.165, 1.54) is 4.90 Å². The Hall–Kier alpha value is -2.28. The number of aromatic nitrogens is 2. The van der Waals surface area contributed by atoms with Gasteiger partial charge in [0.25, 0.3) is 5.91 Å². The maximum absolute atomic E-state index is 13.5. The summed E-state index contributed by atoms with van der Waals surface area (Å²) in [6, 6.07) is 4.98. The highest BCUT2D eigenvalue weighted by Crippen LogP contribution is 2.23. The fourth-order valence-corrected chi connectivity index (χ4v) is 5.53. The molecule has 1 aromatic heterocycles. The number of fused-ring (bicyclic) bond motifs is 1. The lowest BCUT2D eigenvalue weighted by molar-refractivity contribution is -0.668. The van der Waals surface area contributed by atoms with Gasteiger partial charge in [0.2, 0.25) is 6.33 Å². The number of hydrogen-bond acceptors (Lipinski definition) is 12. The van der Waals surface area contributed by atoms with Crippen LogP contribution in [0.15, 0.2) is 24.5 Å². The molecule has 244 valence electrons. The van der Waals surface area contributed by atoms with E-state index >= 15 is 0 Å². The van der Waals surface area contributed by atoms with E-state index in [2.05, 4.69) is 4.57 Å². The smallest absolute Gasteiger partial charge is 0.254 e. The van der Waals surface area contributed by atoms with Crippen LogP contribution in [0.2, 0.25) is 0 Å². The molecule has 0 spiro atoms. The number of aliphatic hydroxyl groups excluding tert-OH is 10. The van der Waals surface area contributed by atoms with Crippen LogP contribution < -0.4 is 4.57 Å². The van der Waals surface area contributed by atoms with Crippen LogP contribution in [0.4, 0.5) is 0 Å². The van der Waals surface area contributed by atoms with Crippen molar-refractivity contribution in [3.8, 4) is 0 Å². The number of likely N-dealkylation sites (tertiary alicyclic amines) is 1. The minimum Gasteiger partial charge on any atom is -0.394 e. The molecule has 43 heavy (non-hydrogen) atoms. The average molecular weight is 616 g/mol. The minimum absolute atomic E-state index is 0.149. The topological polar surface area (TPSA) is 235 Å². The number of rotatable bonds is 16. The number of aliphatic hydroxyl groups is 10. The monoisotopic (exact) mass is 615 g/mol. The van der Waals surface area contributed by atoms with E-state index in [1.807, 2.05) is 36.9 Å². The largest absolute Gasteiger partial charge is 0.394 e. The Morgan fingerprint density at radius 2 is 1.42 bits per heavy atom. The molecule has 15 heteroatoms. The number of imidazole rings is 1. The molecule has 1 aliphatic heterocycles. The van der Waals surface area contributed by atoms with Crippen LogP contribution in [-0.2, 0) is 13.1 Å². The lowest BCUT2D eigenvalue weighted by atomic mass is 10.00. The Morgan fingerprint density at radius 3 is 1.91 bits per heavy atom. The van der Waals surface area contributed by atoms with Gasteiger partial charge in [-0.15, -0.1) is 0 Å². The molecule has 1 amide bonds. The second-order valence-electron chi connectivity index (χ2n) is 11.1. The molecule has 0 saturated carbocycles. The van der Waals surface area contributed by atoms with Crippen molar-refractivity contribution in [1.82, 2.24) is 14.4 Å². The molecule has 2 aromatic rings. The molecule has 9 atom stereocenters. The van der Waals surface area contributed by atoms with Crippen molar-refractivity contribution in [2.75, 3.05) is 39.4 Å². The lowest BCUT2D eigenvalue weighted by Crippen LogP contribution is -2.55. The zero-order valence-corrected chi connectivity index (χ0v) is 24.5. The van der Waals surface area contributed by atoms with Crippen molar-refractivity contribution in [3.63, 3.8) is 0 Å². The first-order valence-electron chi connectivity index (χ1n) is 14.6. The Morgan fingerprint density at radius 1 is 0.884 bits per heavy atom. The van der Waals surface area contributed by atoms with E-state index < -0.39 is 81.2 Å². The summed E-state index contributed by atoms with van der Waals surface area (Å²) in [7, 11) is 0. The van der Waals surface area contributed by atoms with Gasteiger partial charge in [-0.25, -0.2) is 9.13 Å². The van der Waals surface area contributed by atoms with Crippen molar-refractivity contribution >= 4 is 16.9 Å². The number of benzene rings is 1. The van der Waals surface area contributed by atoms with Crippen molar-refractivity contribution in [1.29, 1.82) is 0 Å². The highest BCUT2D eigenvalue weighted by atomic mass is 16.4. The van der Waals surface area contributed by atoms with E-state index in [-0.39, 0.29) is 12.5 Å². The molecule has 0 unspecified atom stereocenters. The summed E-state index contributed by atoms with van der Waals surface area (Å²) in [5, 5.41) is 99.8. The van der Waals surface area contributed by atoms with E-state index in [0.29, 0.717) is 18.5 Å². The van der Waals surface area contributed by atoms with Gasteiger partial charge in [0, 0.05) is 43.9 Å². The van der Waals surface area contributed by atoms with Gasteiger partial charge in [-0.2, -0.15) is 0 Å². The molecule has 1 aromatic carbocycles.